The van der Waals surface area contributed by atoms with Crippen LogP contribution in [-0.2, 0) is 0 Å². The molecule has 92 valence electrons. The minimum Gasteiger partial charge on any atom is -0.412 e. The molecule has 0 aromatic heterocycles. The van der Waals surface area contributed by atoms with Crippen molar-refractivity contribution in [1.29, 1.82) is 0 Å². The molecule has 0 aliphatic heterocycles. The molecule has 0 unspecified atom stereocenters. The minimum absolute atomic E-state index is 0. The Morgan fingerprint density at radius 1 is 0.765 bits per heavy atom. The molecule has 2 aromatic rings. The van der Waals surface area contributed by atoms with Crippen molar-refractivity contribution in [2.75, 3.05) is 0 Å². The van der Waals surface area contributed by atoms with E-state index in [1.165, 1.54) is 15.4 Å². The number of rotatable bonds is 2. The standard InChI is InChI=1S/C13H12S.C2H6.H2O/c1-11-6-5-9-13(10-11)14-12-7-3-2-4-8-12;1-2;/h2-10H,1H3;1-2H3;1H2. The molecule has 0 aliphatic carbocycles. The highest BCUT2D eigenvalue weighted by atomic mass is 32.2. The molecule has 17 heavy (non-hydrogen) atoms. The van der Waals surface area contributed by atoms with Crippen molar-refractivity contribution >= 4 is 11.8 Å². The molecule has 2 aromatic carbocycles. The lowest BCUT2D eigenvalue weighted by atomic mass is 10.2. The van der Waals surface area contributed by atoms with Crippen molar-refractivity contribution in [2.45, 2.75) is 30.6 Å². The van der Waals surface area contributed by atoms with Gasteiger partial charge in [-0.1, -0.05) is 61.5 Å². The van der Waals surface area contributed by atoms with Crippen molar-refractivity contribution in [1.82, 2.24) is 0 Å². The van der Waals surface area contributed by atoms with Crippen LogP contribution in [0.5, 0.6) is 0 Å². The average molecular weight is 248 g/mol. The van der Waals surface area contributed by atoms with Crippen LogP contribution >= 0.6 is 11.8 Å². The topological polar surface area (TPSA) is 31.5 Å². The van der Waals surface area contributed by atoms with Crippen molar-refractivity contribution in [3.05, 3.63) is 60.2 Å². The molecule has 2 N–H and O–H groups in total. The van der Waals surface area contributed by atoms with Gasteiger partial charge in [0.25, 0.3) is 0 Å². The summed E-state index contributed by atoms with van der Waals surface area (Å²) in [5.74, 6) is 0. The maximum Gasteiger partial charge on any atom is 0.0124 e. The summed E-state index contributed by atoms with van der Waals surface area (Å²) in [6.07, 6.45) is 0. The molecule has 0 heterocycles. The second-order valence-electron chi connectivity index (χ2n) is 3.23. The summed E-state index contributed by atoms with van der Waals surface area (Å²) >= 11 is 1.80. The smallest absolute Gasteiger partial charge is 0.0124 e. The Bertz CT molecular complexity index is 412. The summed E-state index contributed by atoms with van der Waals surface area (Å²) in [5.41, 5.74) is 1.31. The normalized spacial score (nSPS) is 8.65. The van der Waals surface area contributed by atoms with Gasteiger partial charge in [0.15, 0.2) is 0 Å². The monoisotopic (exact) mass is 248 g/mol. The van der Waals surface area contributed by atoms with E-state index in [0.29, 0.717) is 0 Å². The van der Waals surface area contributed by atoms with Gasteiger partial charge in [0.1, 0.15) is 0 Å². The molecule has 0 amide bonds. The van der Waals surface area contributed by atoms with Crippen LogP contribution in [0, 0.1) is 6.92 Å². The molecule has 2 rings (SSSR count). The molecule has 0 fully saturated rings. The summed E-state index contributed by atoms with van der Waals surface area (Å²) in [7, 11) is 0. The van der Waals surface area contributed by atoms with Gasteiger partial charge in [0.2, 0.25) is 0 Å². The lowest BCUT2D eigenvalue weighted by molar-refractivity contribution is 0.824. The average Bonchev–Trinajstić information content (AvgIpc) is 2.33. The lowest BCUT2D eigenvalue weighted by Crippen LogP contribution is -1.74. The van der Waals surface area contributed by atoms with E-state index in [1.54, 1.807) is 11.8 Å². The van der Waals surface area contributed by atoms with Crippen LogP contribution in [0.3, 0.4) is 0 Å². The van der Waals surface area contributed by atoms with Crippen LogP contribution < -0.4 is 0 Å². The Balaban J connectivity index is 0.000000811. The molecular formula is C15H20OS. The minimum atomic E-state index is 0. The maximum atomic E-state index is 2.21. The van der Waals surface area contributed by atoms with E-state index >= 15 is 0 Å². The maximum absolute atomic E-state index is 2.21. The van der Waals surface area contributed by atoms with Crippen molar-refractivity contribution in [2.24, 2.45) is 0 Å². The molecular weight excluding hydrogens is 228 g/mol. The van der Waals surface area contributed by atoms with E-state index in [-0.39, 0.29) is 5.48 Å². The van der Waals surface area contributed by atoms with Gasteiger partial charge in [0.05, 0.1) is 0 Å². The molecule has 0 atom stereocenters. The van der Waals surface area contributed by atoms with Gasteiger partial charge in [-0.15, -0.1) is 0 Å². The number of hydrogen-bond acceptors (Lipinski definition) is 1. The van der Waals surface area contributed by atoms with E-state index in [9.17, 15) is 0 Å². The van der Waals surface area contributed by atoms with E-state index in [0.717, 1.165) is 0 Å². The third-order valence-corrected chi connectivity index (χ3v) is 2.97. The second-order valence-corrected chi connectivity index (χ2v) is 4.38. The Morgan fingerprint density at radius 3 is 1.94 bits per heavy atom. The van der Waals surface area contributed by atoms with Crippen LogP contribution in [0.1, 0.15) is 19.4 Å². The van der Waals surface area contributed by atoms with E-state index in [4.69, 9.17) is 0 Å². The first-order valence-electron chi connectivity index (χ1n) is 5.64. The molecule has 2 heteroatoms. The molecule has 0 spiro atoms. The van der Waals surface area contributed by atoms with Gasteiger partial charge < -0.3 is 5.48 Å². The Morgan fingerprint density at radius 2 is 1.35 bits per heavy atom. The van der Waals surface area contributed by atoms with E-state index < -0.39 is 0 Å². The zero-order chi connectivity index (χ0) is 11.8. The van der Waals surface area contributed by atoms with Crippen molar-refractivity contribution in [3.8, 4) is 0 Å². The predicted octanol–water partition coefficient (Wildman–Crippen LogP) is 4.35. The van der Waals surface area contributed by atoms with Gasteiger partial charge in [0, 0.05) is 9.79 Å². The predicted molar refractivity (Wildman–Crippen MR) is 76.7 cm³/mol. The highest BCUT2D eigenvalue weighted by molar-refractivity contribution is 7.99. The summed E-state index contributed by atoms with van der Waals surface area (Å²) in [6, 6.07) is 19.0. The van der Waals surface area contributed by atoms with E-state index in [2.05, 4.69) is 55.5 Å². The number of benzene rings is 2. The van der Waals surface area contributed by atoms with E-state index in [1.807, 2.05) is 19.9 Å². The number of hydrogen-bond donors (Lipinski definition) is 0. The highest BCUT2D eigenvalue weighted by Crippen LogP contribution is 2.27. The number of aryl methyl sites for hydroxylation is 1. The first-order valence-corrected chi connectivity index (χ1v) is 6.46. The molecule has 0 aliphatic rings. The van der Waals surface area contributed by atoms with Gasteiger partial charge >= 0.3 is 0 Å². The third kappa shape index (κ3) is 5.57. The fraction of sp³-hybridized carbons (Fsp3) is 0.200. The van der Waals surface area contributed by atoms with Gasteiger partial charge in [-0.05, 0) is 31.2 Å². The third-order valence-electron chi connectivity index (χ3n) is 1.97. The Labute approximate surface area is 108 Å². The summed E-state index contributed by atoms with van der Waals surface area (Å²) in [4.78, 5) is 2.59. The fourth-order valence-electron chi connectivity index (χ4n) is 1.30. The van der Waals surface area contributed by atoms with Crippen LogP contribution in [0.2, 0.25) is 0 Å². The molecule has 1 nitrogen and oxygen atoms in total. The summed E-state index contributed by atoms with van der Waals surface area (Å²) in [6.45, 7) is 6.12. The SMILES string of the molecule is CC.Cc1cccc(Sc2ccccc2)c1.O. The van der Waals surface area contributed by atoms with Crippen LogP contribution in [0.15, 0.2) is 64.4 Å². The lowest BCUT2D eigenvalue weighted by Gasteiger charge is -2.01. The summed E-state index contributed by atoms with van der Waals surface area (Å²) < 4.78 is 0. The molecule has 0 saturated carbocycles. The van der Waals surface area contributed by atoms with Crippen molar-refractivity contribution in [3.63, 3.8) is 0 Å². The quantitative estimate of drug-likeness (QED) is 0.777. The molecule has 0 saturated heterocycles. The summed E-state index contributed by atoms with van der Waals surface area (Å²) in [5, 5.41) is 0. The van der Waals surface area contributed by atoms with Crippen LogP contribution in [-0.4, -0.2) is 5.48 Å². The fourth-order valence-corrected chi connectivity index (χ4v) is 2.26. The first-order chi connectivity index (χ1) is 7.84. The van der Waals surface area contributed by atoms with Gasteiger partial charge in [-0.25, -0.2) is 0 Å². The van der Waals surface area contributed by atoms with Crippen LogP contribution in [0.25, 0.3) is 0 Å². The van der Waals surface area contributed by atoms with Crippen LogP contribution in [0.4, 0.5) is 0 Å². The van der Waals surface area contributed by atoms with Crippen molar-refractivity contribution < 1.29 is 5.48 Å². The Hall–Kier alpha value is -1.25. The van der Waals surface area contributed by atoms with Gasteiger partial charge in [-0.3, -0.25) is 0 Å². The Kier molecular flexibility index (Phi) is 8.20. The largest absolute Gasteiger partial charge is 0.412 e. The van der Waals surface area contributed by atoms with Gasteiger partial charge in [-0.2, -0.15) is 0 Å². The molecule has 0 bridgehead atoms. The second kappa shape index (κ2) is 8.85. The zero-order valence-corrected chi connectivity index (χ0v) is 11.4. The first kappa shape index (κ1) is 15.8. The highest BCUT2D eigenvalue weighted by Gasteiger charge is 1.95. The molecule has 0 radical (unpaired) electrons. The zero-order valence-electron chi connectivity index (χ0n) is 10.6.